The van der Waals surface area contributed by atoms with Gasteiger partial charge < -0.3 is 19.8 Å². The number of fused-ring (bicyclic) bond motifs is 1. The normalized spacial score (nSPS) is 10.7. The fourth-order valence-corrected chi connectivity index (χ4v) is 3.59. The van der Waals surface area contributed by atoms with Crippen LogP contribution < -0.4 is 14.8 Å². The predicted molar refractivity (Wildman–Crippen MR) is 116 cm³/mol. The lowest BCUT2D eigenvalue weighted by Gasteiger charge is -2.13. The highest BCUT2D eigenvalue weighted by molar-refractivity contribution is 9.10. The summed E-state index contributed by atoms with van der Waals surface area (Å²) in [5.74, 6) is 0.861. The minimum Gasteiger partial charge on any atom is -0.493 e. The molecule has 0 saturated heterocycles. The molecule has 0 aliphatic heterocycles. The van der Waals surface area contributed by atoms with E-state index in [9.17, 15) is 4.79 Å². The molecule has 0 aliphatic carbocycles. The van der Waals surface area contributed by atoms with Crippen molar-refractivity contribution < 1.29 is 14.3 Å². The first-order valence-electron chi connectivity index (χ1n) is 8.93. The van der Waals surface area contributed by atoms with Crippen LogP contribution in [0.5, 0.6) is 11.5 Å². The van der Waals surface area contributed by atoms with E-state index >= 15 is 0 Å². The van der Waals surface area contributed by atoms with Crippen LogP contribution in [0.3, 0.4) is 0 Å². The van der Waals surface area contributed by atoms with Gasteiger partial charge in [0.15, 0.2) is 11.5 Å². The standard InChI is InChI=1S/C22H18BrN3O3/c1-28-18-9-8-15(11-19(18)29-13-14-5-4-10-24-12-14)25-22(27)21-20(23)16-6-2-3-7-17(16)26-21/h2-12,26H,13H2,1H3,(H,25,27). The van der Waals surface area contributed by atoms with Crippen LogP contribution in [-0.4, -0.2) is 23.0 Å². The number of carbonyl (C=O) groups excluding carboxylic acids is 1. The van der Waals surface area contributed by atoms with Gasteiger partial charge in [0.2, 0.25) is 0 Å². The maximum absolute atomic E-state index is 12.8. The molecule has 146 valence electrons. The highest BCUT2D eigenvalue weighted by atomic mass is 79.9. The second-order valence-corrected chi connectivity index (χ2v) is 7.12. The van der Waals surface area contributed by atoms with E-state index < -0.39 is 0 Å². The number of anilines is 1. The number of hydrogen-bond acceptors (Lipinski definition) is 4. The van der Waals surface area contributed by atoms with E-state index in [4.69, 9.17) is 9.47 Å². The number of amides is 1. The van der Waals surface area contributed by atoms with Crippen LogP contribution in [0.25, 0.3) is 10.9 Å². The van der Waals surface area contributed by atoms with Crippen molar-refractivity contribution in [1.29, 1.82) is 0 Å². The maximum atomic E-state index is 12.8. The molecular weight excluding hydrogens is 434 g/mol. The molecule has 4 aromatic rings. The van der Waals surface area contributed by atoms with Crippen molar-refractivity contribution in [2.45, 2.75) is 6.61 Å². The lowest BCUT2D eigenvalue weighted by atomic mass is 10.2. The van der Waals surface area contributed by atoms with Crippen LogP contribution >= 0.6 is 15.9 Å². The second kappa shape index (κ2) is 8.36. The zero-order valence-corrected chi connectivity index (χ0v) is 17.2. The Morgan fingerprint density at radius 2 is 2.00 bits per heavy atom. The number of aromatic nitrogens is 2. The highest BCUT2D eigenvalue weighted by Crippen LogP contribution is 2.32. The van der Waals surface area contributed by atoms with Crippen LogP contribution in [0.1, 0.15) is 16.1 Å². The van der Waals surface area contributed by atoms with Gasteiger partial charge in [-0.3, -0.25) is 9.78 Å². The number of aromatic amines is 1. The van der Waals surface area contributed by atoms with E-state index in [1.54, 1.807) is 37.7 Å². The van der Waals surface area contributed by atoms with E-state index in [0.29, 0.717) is 29.5 Å². The molecule has 0 radical (unpaired) electrons. The molecule has 0 bridgehead atoms. The summed E-state index contributed by atoms with van der Waals surface area (Å²) in [6.45, 7) is 0.342. The van der Waals surface area contributed by atoms with E-state index in [1.807, 2.05) is 36.4 Å². The number of hydrogen-bond donors (Lipinski definition) is 2. The summed E-state index contributed by atoms with van der Waals surface area (Å²) in [4.78, 5) is 20.0. The molecule has 2 N–H and O–H groups in total. The highest BCUT2D eigenvalue weighted by Gasteiger charge is 2.17. The van der Waals surface area contributed by atoms with Gasteiger partial charge in [0.25, 0.3) is 5.91 Å². The maximum Gasteiger partial charge on any atom is 0.273 e. The fourth-order valence-electron chi connectivity index (χ4n) is 2.97. The summed E-state index contributed by atoms with van der Waals surface area (Å²) in [6.07, 6.45) is 3.45. The third-order valence-corrected chi connectivity index (χ3v) is 5.23. The largest absolute Gasteiger partial charge is 0.493 e. The number of carbonyl (C=O) groups is 1. The molecule has 29 heavy (non-hydrogen) atoms. The minimum absolute atomic E-state index is 0.253. The van der Waals surface area contributed by atoms with Gasteiger partial charge in [-0.15, -0.1) is 0 Å². The van der Waals surface area contributed by atoms with Crippen molar-refractivity contribution in [1.82, 2.24) is 9.97 Å². The van der Waals surface area contributed by atoms with Gasteiger partial charge in [0.1, 0.15) is 12.3 Å². The molecule has 2 heterocycles. The van der Waals surface area contributed by atoms with Crippen molar-refractivity contribution in [3.8, 4) is 11.5 Å². The Morgan fingerprint density at radius 3 is 2.76 bits per heavy atom. The topological polar surface area (TPSA) is 76.2 Å². The Morgan fingerprint density at radius 1 is 1.14 bits per heavy atom. The van der Waals surface area contributed by atoms with Crippen LogP contribution in [-0.2, 0) is 6.61 Å². The Balaban J connectivity index is 1.55. The monoisotopic (exact) mass is 451 g/mol. The molecule has 0 spiro atoms. The van der Waals surface area contributed by atoms with Crippen LogP contribution in [0.15, 0.2) is 71.5 Å². The van der Waals surface area contributed by atoms with Crippen molar-refractivity contribution in [2.24, 2.45) is 0 Å². The average Bonchev–Trinajstić information content (AvgIpc) is 3.10. The van der Waals surface area contributed by atoms with E-state index in [2.05, 4.69) is 31.2 Å². The number of H-pyrrole nitrogens is 1. The Kier molecular flexibility index (Phi) is 5.48. The summed E-state index contributed by atoms with van der Waals surface area (Å²) in [5.41, 5.74) is 2.88. The zero-order valence-electron chi connectivity index (χ0n) is 15.6. The number of ether oxygens (including phenoxy) is 2. The Bertz CT molecular complexity index is 1160. The first-order valence-corrected chi connectivity index (χ1v) is 9.72. The summed E-state index contributed by atoms with van der Waals surface area (Å²) in [7, 11) is 1.58. The second-order valence-electron chi connectivity index (χ2n) is 6.33. The lowest BCUT2D eigenvalue weighted by molar-refractivity contribution is 0.102. The van der Waals surface area contributed by atoms with Crippen molar-refractivity contribution in [2.75, 3.05) is 12.4 Å². The van der Waals surface area contributed by atoms with E-state index in [0.717, 1.165) is 20.9 Å². The number of nitrogens with one attached hydrogen (secondary N) is 2. The van der Waals surface area contributed by atoms with Gasteiger partial charge in [0.05, 0.1) is 11.6 Å². The number of halogens is 1. The van der Waals surface area contributed by atoms with Gasteiger partial charge in [-0.2, -0.15) is 0 Å². The van der Waals surface area contributed by atoms with E-state index in [1.165, 1.54) is 0 Å². The summed E-state index contributed by atoms with van der Waals surface area (Å²) in [6, 6.07) is 16.8. The van der Waals surface area contributed by atoms with Crippen molar-refractivity contribution >= 4 is 38.4 Å². The first-order chi connectivity index (χ1) is 14.2. The van der Waals surface area contributed by atoms with Gasteiger partial charge in [0, 0.05) is 40.6 Å². The van der Waals surface area contributed by atoms with Gasteiger partial charge in [-0.25, -0.2) is 0 Å². The molecule has 7 heteroatoms. The number of benzene rings is 2. The van der Waals surface area contributed by atoms with Gasteiger partial charge >= 0.3 is 0 Å². The molecule has 1 amide bonds. The molecule has 0 aliphatic rings. The molecule has 0 fully saturated rings. The summed E-state index contributed by atoms with van der Waals surface area (Å²) < 4.78 is 12.0. The molecule has 6 nitrogen and oxygen atoms in total. The van der Waals surface area contributed by atoms with Crippen LogP contribution in [0.4, 0.5) is 5.69 Å². The average molecular weight is 452 g/mol. The molecule has 2 aromatic carbocycles. The molecule has 0 unspecified atom stereocenters. The number of pyridine rings is 1. The van der Waals surface area contributed by atoms with E-state index in [-0.39, 0.29) is 5.91 Å². The third kappa shape index (κ3) is 4.09. The fraction of sp³-hybridized carbons (Fsp3) is 0.0909. The van der Waals surface area contributed by atoms with Crippen molar-refractivity contribution in [3.63, 3.8) is 0 Å². The van der Waals surface area contributed by atoms with Gasteiger partial charge in [-0.1, -0.05) is 24.3 Å². The van der Waals surface area contributed by atoms with Gasteiger partial charge in [-0.05, 0) is 40.2 Å². The summed E-state index contributed by atoms with van der Waals surface area (Å²) in [5, 5.41) is 3.85. The van der Waals surface area contributed by atoms with Crippen LogP contribution in [0, 0.1) is 0 Å². The molecule has 4 rings (SSSR count). The van der Waals surface area contributed by atoms with Crippen molar-refractivity contribution in [3.05, 3.63) is 82.7 Å². The third-order valence-electron chi connectivity index (χ3n) is 4.41. The molecule has 2 aromatic heterocycles. The molecule has 0 atom stereocenters. The number of para-hydroxylation sites is 1. The molecule has 0 saturated carbocycles. The number of nitrogens with zero attached hydrogens (tertiary/aromatic N) is 1. The summed E-state index contributed by atoms with van der Waals surface area (Å²) >= 11 is 3.51. The first kappa shape index (κ1) is 19.0. The number of methoxy groups -OCH3 is 1. The quantitative estimate of drug-likeness (QED) is 0.424. The Hall–Kier alpha value is -3.32. The Labute approximate surface area is 176 Å². The smallest absolute Gasteiger partial charge is 0.273 e. The number of rotatable bonds is 6. The minimum atomic E-state index is -0.253. The zero-order chi connectivity index (χ0) is 20.2. The SMILES string of the molecule is COc1ccc(NC(=O)c2[nH]c3ccccc3c2Br)cc1OCc1cccnc1. The predicted octanol–water partition coefficient (Wildman–Crippen LogP) is 5.17. The van der Waals surface area contributed by atoms with Crippen LogP contribution in [0.2, 0.25) is 0 Å². The molecular formula is C22H18BrN3O3. The lowest BCUT2D eigenvalue weighted by Crippen LogP contribution is -2.13.